The third-order valence-electron chi connectivity index (χ3n) is 5.83. The highest BCUT2D eigenvalue weighted by atomic mass is 16.5. The summed E-state index contributed by atoms with van der Waals surface area (Å²) in [6, 6.07) is 4.53. The van der Waals surface area contributed by atoms with Gasteiger partial charge in [0.2, 0.25) is 5.78 Å². The summed E-state index contributed by atoms with van der Waals surface area (Å²) in [5.74, 6) is -0.166. The number of rotatable bonds is 4. The molecule has 2 aromatic carbocycles. The Morgan fingerprint density at radius 2 is 1.94 bits per heavy atom. The van der Waals surface area contributed by atoms with Crippen molar-refractivity contribution in [3.05, 3.63) is 58.2 Å². The Morgan fingerprint density at radius 1 is 1.21 bits per heavy atom. The molecule has 2 atom stereocenters. The number of ketones is 1. The second-order valence-corrected chi connectivity index (χ2v) is 9.07. The van der Waals surface area contributed by atoms with E-state index in [4.69, 9.17) is 14.2 Å². The standard InChI is InChI=1S/C26H28O7/c1-13(2)6-8-17-23-16(10-11-26(3,4)33-23)20(28)19-21(29)22(30)25(32-24(17)19)15-9-7-14(31-5)12-18(15)27/h6-7,9-12,22,25,27-28,30H,8H2,1-5H3/t22-,25-/m0/s1. The Morgan fingerprint density at radius 3 is 2.58 bits per heavy atom. The van der Waals surface area contributed by atoms with E-state index in [2.05, 4.69) is 0 Å². The first-order chi connectivity index (χ1) is 15.5. The van der Waals surface area contributed by atoms with Gasteiger partial charge in [-0.1, -0.05) is 11.6 Å². The minimum Gasteiger partial charge on any atom is -0.507 e. The van der Waals surface area contributed by atoms with Crippen LogP contribution in [0.15, 0.2) is 35.9 Å². The molecule has 2 aliphatic rings. The van der Waals surface area contributed by atoms with Gasteiger partial charge in [0.05, 0.1) is 12.7 Å². The third-order valence-corrected chi connectivity index (χ3v) is 5.83. The third kappa shape index (κ3) is 3.93. The van der Waals surface area contributed by atoms with E-state index in [-0.39, 0.29) is 28.4 Å². The van der Waals surface area contributed by atoms with Crippen molar-refractivity contribution in [1.82, 2.24) is 0 Å². The molecule has 0 aromatic heterocycles. The van der Waals surface area contributed by atoms with Crippen molar-refractivity contribution in [3.8, 4) is 28.7 Å². The van der Waals surface area contributed by atoms with Crippen molar-refractivity contribution in [2.75, 3.05) is 7.11 Å². The van der Waals surface area contributed by atoms with E-state index in [9.17, 15) is 20.1 Å². The number of methoxy groups -OCH3 is 1. The molecular formula is C26H28O7. The van der Waals surface area contributed by atoms with E-state index < -0.39 is 23.6 Å². The fourth-order valence-corrected chi connectivity index (χ4v) is 4.07. The van der Waals surface area contributed by atoms with Gasteiger partial charge in [-0.05, 0) is 58.4 Å². The highest BCUT2D eigenvalue weighted by Gasteiger charge is 2.43. The summed E-state index contributed by atoms with van der Waals surface area (Å²) in [7, 11) is 1.47. The summed E-state index contributed by atoms with van der Waals surface area (Å²) < 4.78 is 17.5. The van der Waals surface area contributed by atoms with Gasteiger partial charge in [0, 0.05) is 17.2 Å². The SMILES string of the molecule is COc1ccc([C@@H]2Oc3c(CC=C(C)C)c4c(c(O)c3C(=O)[C@@H]2O)C=CC(C)(C)O4)c(O)c1. The van der Waals surface area contributed by atoms with Crippen LogP contribution in [0.4, 0.5) is 0 Å². The lowest BCUT2D eigenvalue weighted by Gasteiger charge is -2.36. The minimum atomic E-state index is -1.62. The van der Waals surface area contributed by atoms with Crippen LogP contribution < -0.4 is 14.2 Å². The molecule has 4 rings (SSSR count). The Kier molecular flexibility index (Phi) is 5.62. The average Bonchev–Trinajstić information content (AvgIpc) is 2.75. The number of aliphatic hydroxyl groups excluding tert-OH is 1. The van der Waals surface area contributed by atoms with Crippen LogP contribution >= 0.6 is 0 Å². The summed E-state index contributed by atoms with van der Waals surface area (Å²) in [5, 5.41) is 32.3. The second-order valence-electron chi connectivity index (χ2n) is 9.07. The fourth-order valence-electron chi connectivity index (χ4n) is 4.07. The number of allylic oxidation sites excluding steroid dienone is 2. The molecule has 3 N–H and O–H groups in total. The highest BCUT2D eigenvalue weighted by molar-refractivity contribution is 6.07. The van der Waals surface area contributed by atoms with Crippen molar-refractivity contribution in [2.24, 2.45) is 0 Å². The highest BCUT2D eigenvalue weighted by Crippen LogP contribution is 2.52. The van der Waals surface area contributed by atoms with Crippen molar-refractivity contribution in [3.63, 3.8) is 0 Å². The second kappa shape index (κ2) is 8.15. The number of phenols is 2. The van der Waals surface area contributed by atoms with Crippen LogP contribution in [0, 0.1) is 0 Å². The Balaban J connectivity index is 1.93. The number of benzene rings is 2. The average molecular weight is 453 g/mol. The molecule has 2 heterocycles. The Hall–Kier alpha value is -3.45. The van der Waals surface area contributed by atoms with Gasteiger partial charge in [-0.2, -0.15) is 0 Å². The molecule has 7 nitrogen and oxygen atoms in total. The maximum absolute atomic E-state index is 13.3. The molecule has 0 bridgehead atoms. The number of fused-ring (bicyclic) bond motifs is 2. The molecule has 0 saturated heterocycles. The first-order valence-corrected chi connectivity index (χ1v) is 10.7. The molecule has 0 amide bonds. The number of aromatic hydroxyl groups is 2. The summed E-state index contributed by atoms with van der Waals surface area (Å²) in [6.07, 6.45) is 3.09. The number of carbonyl (C=O) groups excluding carboxylic acids is 1. The maximum Gasteiger partial charge on any atom is 0.202 e. The Labute approximate surface area is 192 Å². The largest absolute Gasteiger partial charge is 0.507 e. The van der Waals surface area contributed by atoms with Crippen LogP contribution in [0.2, 0.25) is 0 Å². The number of phenolic OH excluding ortho intramolecular Hbond substituents is 2. The van der Waals surface area contributed by atoms with E-state index in [0.29, 0.717) is 29.0 Å². The summed E-state index contributed by atoms with van der Waals surface area (Å²) in [4.78, 5) is 13.3. The van der Waals surface area contributed by atoms with Crippen LogP contribution in [-0.4, -0.2) is 39.9 Å². The van der Waals surface area contributed by atoms with E-state index in [1.165, 1.54) is 19.2 Å². The van der Waals surface area contributed by atoms with Crippen molar-refractivity contribution in [2.45, 2.75) is 51.9 Å². The molecule has 0 spiro atoms. The van der Waals surface area contributed by atoms with Gasteiger partial charge in [0.25, 0.3) is 0 Å². The molecule has 0 fully saturated rings. The van der Waals surface area contributed by atoms with Crippen LogP contribution in [0.5, 0.6) is 28.7 Å². The smallest absolute Gasteiger partial charge is 0.202 e. The molecule has 7 heteroatoms. The predicted molar refractivity (Wildman–Crippen MR) is 123 cm³/mol. The zero-order valence-electron chi connectivity index (χ0n) is 19.3. The first-order valence-electron chi connectivity index (χ1n) is 10.7. The predicted octanol–water partition coefficient (Wildman–Crippen LogP) is 4.48. The molecule has 2 aliphatic heterocycles. The van der Waals surface area contributed by atoms with Crippen molar-refractivity contribution in [1.29, 1.82) is 0 Å². The molecule has 33 heavy (non-hydrogen) atoms. The van der Waals surface area contributed by atoms with Gasteiger partial charge in [0.1, 0.15) is 39.9 Å². The lowest BCUT2D eigenvalue weighted by molar-refractivity contribution is 0.0196. The number of ether oxygens (including phenoxy) is 3. The van der Waals surface area contributed by atoms with Crippen LogP contribution in [0.1, 0.15) is 60.8 Å². The topological polar surface area (TPSA) is 105 Å². The van der Waals surface area contributed by atoms with Crippen molar-refractivity contribution >= 4 is 11.9 Å². The normalized spacial score (nSPS) is 20.2. The molecule has 0 unspecified atom stereocenters. The number of carbonyl (C=O) groups is 1. The van der Waals surface area contributed by atoms with Crippen LogP contribution in [0.25, 0.3) is 6.08 Å². The lowest BCUT2D eigenvalue weighted by atomic mass is 9.86. The number of hydrogen-bond donors (Lipinski definition) is 3. The van der Waals surface area contributed by atoms with Gasteiger partial charge >= 0.3 is 0 Å². The lowest BCUT2D eigenvalue weighted by Crippen LogP contribution is -2.37. The Bertz CT molecular complexity index is 1190. The molecule has 2 aromatic rings. The van der Waals surface area contributed by atoms with E-state index in [1.54, 1.807) is 18.2 Å². The zero-order valence-corrected chi connectivity index (χ0v) is 19.3. The fraction of sp³-hybridized carbons (Fsp3) is 0.346. The van der Waals surface area contributed by atoms with E-state index in [1.807, 2.05) is 33.8 Å². The molecule has 0 aliphatic carbocycles. The minimum absolute atomic E-state index is 0.0874. The summed E-state index contributed by atoms with van der Waals surface area (Å²) in [6.45, 7) is 7.69. The zero-order chi connectivity index (χ0) is 24.1. The van der Waals surface area contributed by atoms with E-state index >= 15 is 0 Å². The van der Waals surface area contributed by atoms with E-state index in [0.717, 1.165) is 5.57 Å². The quantitative estimate of drug-likeness (QED) is 0.588. The monoisotopic (exact) mass is 452 g/mol. The summed E-state index contributed by atoms with van der Waals surface area (Å²) >= 11 is 0. The number of aliphatic hydroxyl groups is 1. The molecular weight excluding hydrogens is 424 g/mol. The summed E-state index contributed by atoms with van der Waals surface area (Å²) in [5.41, 5.74) is 1.54. The van der Waals surface area contributed by atoms with Gasteiger partial charge < -0.3 is 29.5 Å². The van der Waals surface area contributed by atoms with Crippen molar-refractivity contribution < 1.29 is 34.3 Å². The van der Waals surface area contributed by atoms with Gasteiger partial charge in [-0.25, -0.2) is 0 Å². The molecule has 174 valence electrons. The maximum atomic E-state index is 13.3. The number of hydrogen-bond acceptors (Lipinski definition) is 7. The van der Waals surface area contributed by atoms with Gasteiger partial charge in [-0.3, -0.25) is 4.79 Å². The van der Waals surface area contributed by atoms with Gasteiger partial charge in [0.15, 0.2) is 12.2 Å². The first kappa shape index (κ1) is 22.7. The van der Waals surface area contributed by atoms with Crippen LogP contribution in [0.3, 0.4) is 0 Å². The van der Waals surface area contributed by atoms with Gasteiger partial charge in [-0.15, -0.1) is 0 Å². The molecule has 0 saturated carbocycles. The van der Waals surface area contributed by atoms with Crippen LogP contribution in [-0.2, 0) is 6.42 Å². The number of Topliss-reactive ketones (excluding diaryl/α,β-unsaturated/α-hetero) is 1. The molecule has 0 radical (unpaired) electrons.